The maximum Gasteiger partial charge on any atom is 0.257 e. The Kier molecular flexibility index (Phi) is 5.52. The number of furan rings is 1. The first kappa shape index (κ1) is 19.7. The summed E-state index contributed by atoms with van der Waals surface area (Å²) in [5.74, 6) is 0.893. The van der Waals surface area contributed by atoms with Crippen molar-refractivity contribution in [2.75, 3.05) is 29.9 Å². The second kappa shape index (κ2) is 8.41. The van der Waals surface area contributed by atoms with Gasteiger partial charge in [-0.3, -0.25) is 9.79 Å². The topological polar surface area (TPSA) is 83.9 Å². The maximum atomic E-state index is 13.0. The van der Waals surface area contributed by atoms with Crippen molar-refractivity contribution in [3.8, 4) is 11.5 Å². The van der Waals surface area contributed by atoms with Crippen LogP contribution in [0.5, 0.6) is 0 Å². The van der Waals surface area contributed by atoms with Crippen LogP contribution in [0.3, 0.4) is 0 Å². The van der Waals surface area contributed by atoms with Gasteiger partial charge in [0.1, 0.15) is 5.69 Å². The third-order valence-corrected chi connectivity index (χ3v) is 5.20. The van der Waals surface area contributed by atoms with Crippen molar-refractivity contribution in [3.63, 3.8) is 0 Å². The first-order valence-electron chi connectivity index (χ1n) is 10.0. The lowest BCUT2D eigenvalue weighted by Gasteiger charge is -2.21. The van der Waals surface area contributed by atoms with Crippen LogP contribution >= 0.6 is 0 Å². The number of nitrogens with zero attached hydrogens (tertiary/aromatic N) is 3. The summed E-state index contributed by atoms with van der Waals surface area (Å²) in [6, 6.07) is 13.2. The van der Waals surface area contributed by atoms with E-state index in [1.54, 1.807) is 24.5 Å². The maximum absolute atomic E-state index is 13.0. The fourth-order valence-corrected chi connectivity index (χ4v) is 3.57. The van der Waals surface area contributed by atoms with Gasteiger partial charge in [0.05, 0.1) is 18.4 Å². The molecule has 7 heteroatoms. The van der Waals surface area contributed by atoms with Gasteiger partial charge < -0.3 is 19.2 Å². The van der Waals surface area contributed by atoms with E-state index in [9.17, 15) is 4.79 Å². The summed E-state index contributed by atoms with van der Waals surface area (Å²) in [6.07, 6.45) is 1.57. The standard InChI is InChI=1S/C23H24N4O3/c1-4-27(5-2)17-10-8-16(9-11-17)25-23(28)22-15(3)24-14-18(22)19-13-21(30-26-19)20-7-6-12-29-20/h6-13H,4-5,14H2,1-3H3,(H,25,28). The summed E-state index contributed by atoms with van der Waals surface area (Å²) < 4.78 is 10.7. The minimum Gasteiger partial charge on any atom is -0.461 e. The molecule has 30 heavy (non-hydrogen) atoms. The molecule has 0 spiro atoms. The first-order valence-corrected chi connectivity index (χ1v) is 10.0. The lowest BCUT2D eigenvalue weighted by molar-refractivity contribution is -0.112. The highest BCUT2D eigenvalue weighted by Crippen LogP contribution is 2.30. The largest absolute Gasteiger partial charge is 0.461 e. The van der Waals surface area contributed by atoms with Gasteiger partial charge in [-0.15, -0.1) is 0 Å². The molecule has 0 aliphatic carbocycles. The summed E-state index contributed by atoms with van der Waals surface area (Å²) >= 11 is 0. The molecule has 1 aliphatic heterocycles. The number of amides is 1. The summed E-state index contributed by atoms with van der Waals surface area (Å²) in [5, 5.41) is 7.10. The highest BCUT2D eigenvalue weighted by Gasteiger charge is 2.26. The molecule has 0 saturated carbocycles. The van der Waals surface area contributed by atoms with E-state index in [2.05, 4.69) is 34.2 Å². The number of aromatic nitrogens is 1. The van der Waals surface area contributed by atoms with E-state index >= 15 is 0 Å². The molecule has 1 N–H and O–H groups in total. The van der Waals surface area contributed by atoms with Gasteiger partial charge in [-0.1, -0.05) is 5.16 Å². The van der Waals surface area contributed by atoms with E-state index < -0.39 is 0 Å². The second-order valence-corrected chi connectivity index (χ2v) is 6.98. The van der Waals surface area contributed by atoms with Crippen LogP contribution in [0.25, 0.3) is 17.1 Å². The molecule has 7 nitrogen and oxygen atoms in total. The van der Waals surface area contributed by atoms with Crippen molar-refractivity contribution < 1.29 is 13.7 Å². The molecule has 0 atom stereocenters. The number of hydrogen-bond acceptors (Lipinski definition) is 6. The second-order valence-electron chi connectivity index (χ2n) is 6.98. The van der Waals surface area contributed by atoms with Gasteiger partial charge >= 0.3 is 0 Å². The molecule has 3 heterocycles. The van der Waals surface area contributed by atoms with Crippen molar-refractivity contribution in [2.24, 2.45) is 4.99 Å². The predicted molar refractivity (Wildman–Crippen MR) is 118 cm³/mol. The van der Waals surface area contributed by atoms with Crippen LogP contribution in [-0.2, 0) is 4.79 Å². The zero-order chi connectivity index (χ0) is 21.1. The number of hydrogen-bond donors (Lipinski definition) is 1. The van der Waals surface area contributed by atoms with Crippen LogP contribution in [0, 0.1) is 0 Å². The Morgan fingerprint density at radius 1 is 1.13 bits per heavy atom. The summed E-state index contributed by atoms with van der Waals surface area (Å²) in [6.45, 7) is 8.34. The van der Waals surface area contributed by atoms with Gasteiger partial charge in [0.15, 0.2) is 5.76 Å². The van der Waals surface area contributed by atoms with Crippen LogP contribution in [0.1, 0.15) is 26.5 Å². The van der Waals surface area contributed by atoms with E-state index in [1.165, 1.54) is 0 Å². The molecule has 0 bridgehead atoms. The average Bonchev–Trinajstić information content (AvgIpc) is 3.50. The van der Waals surface area contributed by atoms with Crippen LogP contribution in [0.2, 0.25) is 0 Å². The summed E-state index contributed by atoms with van der Waals surface area (Å²) in [5.41, 5.74) is 4.41. The Bertz CT molecular complexity index is 1090. The molecule has 0 fully saturated rings. The van der Waals surface area contributed by atoms with Crippen LogP contribution < -0.4 is 10.2 Å². The molecule has 1 amide bonds. The fourth-order valence-electron chi connectivity index (χ4n) is 3.57. The normalized spacial score (nSPS) is 13.5. The SMILES string of the molecule is CCN(CC)c1ccc(NC(=O)C2=C(c3cc(-c4ccco4)on3)CN=C2C)cc1. The van der Waals surface area contributed by atoms with E-state index in [-0.39, 0.29) is 5.91 Å². The molecule has 0 unspecified atom stereocenters. The quantitative estimate of drug-likeness (QED) is 0.620. The highest BCUT2D eigenvalue weighted by molar-refractivity contribution is 6.30. The molecule has 2 aromatic heterocycles. The van der Waals surface area contributed by atoms with Crippen molar-refractivity contribution in [3.05, 3.63) is 60.0 Å². The summed E-state index contributed by atoms with van der Waals surface area (Å²) in [7, 11) is 0. The van der Waals surface area contributed by atoms with E-state index in [0.29, 0.717) is 35.0 Å². The number of anilines is 2. The fraction of sp³-hybridized carbons (Fsp3) is 0.261. The molecule has 3 aromatic rings. The third-order valence-electron chi connectivity index (χ3n) is 5.20. The molecule has 4 rings (SSSR count). The predicted octanol–water partition coefficient (Wildman–Crippen LogP) is 4.65. The van der Waals surface area contributed by atoms with Gasteiger partial charge in [-0.05, 0) is 57.2 Å². The minimum atomic E-state index is -0.207. The lowest BCUT2D eigenvalue weighted by Crippen LogP contribution is -2.22. The number of nitrogens with one attached hydrogen (secondary N) is 1. The van der Waals surface area contributed by atoms with Crippen LogP contribution in [-0.4, -0.2) is 36.4 Å². The average molecular weight is 404 g/mol. The van der Waals surface area contributed by atoms with Gasteiger partial charge in [0.25, 0.3) is 5.91 Å². The third kappa shape index (κ3) is 3.78. The molecule has 154 valence electrons. The molecule has 1 aliphatic rings. The number of carbonyl (C=O) groups is 1. The number of benzene rings is 1. The molecular weight excluding hydrogens is 380 g/mol. The summed E-state index contributed by atoms with van der Waals surface area (Å²) in [4.78, 5) is 19.7. The van der Waals surface area contributed by atoms with Crippen LogP contribution in [0.15, 0.2) is 68.2 Å². The zero-order valence-electron chi connectivity index (χ0n) is 17.3. The lowest BCUT2D eigenvalue weighted by atomic mass is 10.0. The van der Waals surface area contributed by atoms with Crippen molar-refractivity contribution in [1.29, 1.82) is 0 Å². The Labute approximate surface area is 175 Å². The van der Waals surface area contributed by atoms with Gasteiger partial charge in [-0.25, -0.2) is 0 Å². The number of aliphatic imine (C=N–C) groups is 1. The number of carbonyl (C=O) groups excluding carboxylic acids is 1. The van der Waals surface area contributed by atoms with Gasteiger partial charge in [0, 0.05) is 41.8 Å². The Morgan fingerprint density at radius 3 is 2.57 bits per heavy atom. The van der Waals surface area contributed by atoms with Crippen molar-refractivity contribution >= 4 is 28.6 Å². The van der Waals surface area contributed by atoms with E-state index in [4.69, 9.17) is 8.94 Å². The number of rotatable bonds is 7. The van der Waals surface area contributed by atoms with Gasteiger partial charge in [0.2, 0.25) is 5.76 Å². The monoisotopic (exact) mass is 404 g/mol. The van der Waals surface area contributed by atoms with Crippen LogP contribution in [0.4, 0.5) is 11.4 Å². The zero-order valence-corrected chi connectivity index (χ0v) is 17.3. The highest BCUT2D eigenvalue weighted by atomic mass is 16.5. The molecule has 0 saturated heterocycles. The first-order chi connectivity index (χ1) is 14.6. The molecule has 0 radical (unpaired) electrons. The van der Waals surface area contributed by atoms with E-state index in [0.717, 1.165) is 30.0 Å². The molecular formula is C23H24N4O3. The Morgan fingerprint density at radius 2 is 1.90 bits per heavy atom. The Balaban J connectivity index is 1.56. The smallest absolute Gasteiger partial charge is 0.257 e. The minimum absolute atomic E-state index is 0.207. The molecule has 1 aromatic carbocycles. The Hall–Kier alpha value is -3.61. The van der Waals surface area contributed by atoms with Crippen molar-refractivity contribution in [1.82, 2.24) is 5.16 Å². The van der Waals surface area contributed by atoms with E-state index in [1.807, 2.05) is 31.2 Å². The van der Waals surface area contributed by atoms with Gasteiger partial charge in [-0.2, -0.15) is 0 Å². The van der Waals surface area contributed by atoms with Crippen molar-refractivity contribution in [2.45, 2.75) is 20.8 Å².